The topological polar surface area (TPSA) is 46.6 Å². The van der Waals surface area contributed by atoms with Gasteiger partial charge in [0, 0.05) is 11.8 Å². The fraction of sp³-hybridized carbons (Fsp3) is 0.118. The third-order valence-electron chi connectivity index (χ3n) is 8.50. The molecule has 2 bridgehead atoms. The maximum atomic E-state index is 13.9. The Balaban J connectivity index is 1.13. The van der Waals surface area contributed by atoms with E-state index < -0.39 is 0 Å². The lowest BCUT2D eigenvalue weighted by Gasteiger charge is -2.45. The first-order chi connectivity index (χ1) is 18.7. The molecular weight excluding hydrogens is 470 g/mol. The summed E-state index contributed by atoms with van der Waals surface area (Å²) < 4.78 is 6.09. The molecule has 5 aromatic rings. The molecule has 0 N–H and O–H groups in total. The molecular formula is C34H23NO3. The zero-order valence-corrected chi connectivity index (χ0v) is 20.5. The number of carbonyl (C=O) groups is 2. The lowest BCUT2D eigenvalue weighted by Crippen LogP contribution is -2.41. The predicted molar refractivity (Wildman–Crippen MR) is 147 cm³/mol. The summed E-state index contributed by atoms with van der Waals surface area (Å²) in [4.78, 5) is 29.3. The lowest BCUT2D eigenvalue weighted by atomic mass is 9.55. The molecule has 4 nitrogen and oxygen atoms in total. The zero-order valence-electron chi connectivity index (χ0n) is 20.5. The van der Waals surface area contributed by atoms with Gasteiger partial charge in [-0.1, -0.05) is 78.9 Å². The van der Waals surface area contributed by atoms with Crippen LogP contribution in [0.3, 0.4) is 0 Å². The molecule has 2 unspecified atom stereocenters. The Labute approximate surface area is 220 Å². The van der Waals surface area contributed by atoms with Crippen LogP contribution < -0.4 is 9.64 Å². The molecule has 4 heteroatoms. The number of nitrogens with zero attached hydrogens (tertiary/aromatic N) is 1. The fourth-order valence-corrected chi connectivity index (χ4v) is 6.96. The molecule has 2 amide bonds. The van der Waals surface area contributed by atoms with Crippen LogP contribution in [0, 0.1) is 11.8 Å². The third kappa shape index (κ3) is 2.91. The average Bonchev–Trinajstić information content (AvgIpc) is 3.23. The van der Waals surface area contributed by atoms with Gasteiger partial charge in [-0.2, -0.15) is 0 Å². The van der Waals surface area contributed by atoms with Gasteiger partial charge in [0.2, 0.25) is 11.8 Å². The maximum Gasteiger partial charge on any atom is 0.238 e. The van der Waals surface area contributed by atoms with Crippen molar-refractivity contribution >= 4 is 28.3 Å². The molecule has 0 spiro atoms. The number of anilines is 1. The molecule has 1 heterocycles. The van der Waals surface area contributed by atoms with Gasteiger partial charge < -0.3 is 4.74 Å². The number of hydrogen-bond donors (Lipinski definition) is 0. The van der Waals surface area contributed by atoms with Crippen LogP contribution in [0.1, 0.15) is 34.1 Å². The summed E-state index contributed by atoms with van der Waals surface area (Å²) in [6.07, 6.45) is 0. The van der Waals surface area contributed by atoms with Crippen LogP contribution >= 0.6 is 0 Å². The standard InChI is InChI=1S/C34H23NO3/c36-33-31-29-25-9-3-4-10-26(25)30(28-12-6-5-11-27(28)29)32(31)34(37)35(33)22-14-17-23(18-15-22)38-24-16-13-20-7-1-2-8-21(20)19-24/h1-19,29-32H. The predicted octanol–water partition coefficient (Wildman–Crippen LogP) is 7.03. The minimum atomic E-state index is -0.383. The van der Waals surface area contributed by atoms with Gasteiger partial charge in [0.25, 0.3) is 0 Å². The van der Waals surface area contributed by atoms with Gasteiger partial charge in [-0.25, -0.2) is 4.90 Å². The Bertz CT molecular complexity index is 1660. The molecule has 0 radical (unpaired) electrons. The van der Waals surface area contributed by atoms with E-state index in [-0.39, 0.29) is 35.5 Å². The first kappa shape index (κ1) is 21.4. The van der Waals surface area contributed by atoms with Crippen molar-refractivity contribution in [2.24, 2.45) is 11.8 Å². The molecule has 0 aromatic heterocycles. The molecule has 9 rings (SSSR count). The Morgan fingerprint density at radius 2 is 0.974 bits per heavy atom. The second-order valence-corrected chi connectivity index (χ2v) is 10.4. The summed E-state index contributed by atoms with van der Waals surface area (Å²) in [6, 6.07) is 38.0. The van der Waals surface area contributed by atoms with E-state index in [1.54, 1.807) is 0 Å². The first-order valence-electron chi connectivity index (χ1n) is 13.0. The van der Waals surface area contributed by atoms with Crippen LogP contribution in [-0.4, -0.2) is 11.8 Å². The highest BCUT2D eigenvalue weighted by Crippen LogP contribution is 2.61. The van der Waals surface area contributed by atoms with Gasteiger partial charge in [-0.15, -0.1) is 0 Å². The smallest absolute Gasteiger partial charge is 0.238 e. The normalized spacial score (nSPS) is 22.8. The molecule has 3 aliphatic carbocycles. The van der Waals surface area contributed by atoms with Crippen LogP contribution in [0.15, 0.2) is 115 Å². The average molecular weight is 494 g/mol. The molecule has 1 saturated heterocycles. The number of amides is 2. The van der Waals surface area contributed by atoms with E-state index >= 15 is 0 Å². The first-order valence-corrected chi connectivity index (χ1v) is 13.0. The summed E-state index contributed by atoms with van der Waals surface area (Å²) in [7, 11) is 0. The molecule has 1 fully saturated rings. The highest BCUT2D eigenvalue weighted by molar-refractivity contribution is 6.23. The second kappa shape index (κ2) is 7.90. The number of hydrogen-bond acceptors (Lipinski definition) is 3. The molecule has 4 aliphatic rings. The number of ether oxygens (including phenoxy) is 1. The summed E-state index contributed by atoms with van der Waals surface area (Å²) in [5.74, 6) is 0.202. The van der Waals surface area contributed by atoms with E-state index in [0.717, 1.165) is 16.5 Å². The van der Waals surface area contributed by atoms with Crippen molar-refractivity contribution < 1.29 is 14.3 Å². The van der Waals surface area contributed by atoms with Crippen LogP contribution in [0.2, 0.25) is 0 Å². The van der Waals surface area contributed by atoms with Crippen LogP contribution in [0.25, 0.3) is 10.8 Å². The minimum absolute atomic E-state index is 0.102. The second-order valence-electron chi connectivity index (χ2n) is 10.4. The molecule has 5 aromatic carbocycles. The quantitative estimate of drug-likeness (QED) is 0.254. The Morgan fingerprint density at radius 3 is 1.53 bits per heavy atom. The van der Waals surface area contributed by atoms with Crippen molar-refractivity contribution in [1.29, 1.82) is 0 Å². The third-order valence-corrected chi connectivity index (χ3v) is 8.50. The number of imide groups is 1. The molecule has 2 atom stereocenters. The highest BCUT2D eigenvalue weighted by Gasteiger charge is 2.61. The molecule has 0 saturated carbocycles. The Morgan fingerprint density at radius 1 is 0.500 bits per heavy atom. The van der Waals surface area contributed by atoms with Gasteiger partial charge >= 0.3 is 0 Å². The zero-order chi connectivity index (χ0) is 25.4. The van der Waals surface area contributed by atoms with E-state index in [2.05, 4.69) is 36.4 Å². The maximum absolute atomic E-state index is 13.9. The van der Waals surface area contributed by atoms with E-state index in [1.165, 1.54) is 27.2 Å². The van der Waals surface area contributed by atoms with Crippen molar-refractivity contribution in [2.45, 2.75) is 11.8 Å². The van der Waals surface area contributed by atoms with Crippen molar-refractivity contribution in [1.82, 2.24) is 0 Å². The number of fused-ring (bicyclic) bond motifs is 1. The SMILES string of the molecule is O=C1C2C3c4ccccc4C(c4ccccc43)C2C(=O)N1c1ccc(Oc2ccc3ccccc3c2)cc1. The van der Waals surface area contributed by atoms with Gasteiger partial charge in [0.05, 0.1) is 17.5 Å². The van der Waals surface area contributed by atoms with Crippen LogP contribution in [-0.2, 0) is 9.59 Å². The summed E-state index contributed by atoms with van der Waals surface area (Å²) >= 11 is 0. The lowest BCUT2D eigenvalue weighted by molar-refractivity contribution is -0.122. The van der Waals surface area contributed by atoms with Crippen molar-refractivity contribution in [3.8, 4) is 11.5 Å². The van der Waals surface area contributed by atoms with Crippen molar-refractivity contribution in [3.05, 3.63) is 138 Å². The van der Waals surface area contributed by atoms with Crippen molar-refractivity contribution in [3.63, 3.8) is 0 Å². The van der Waals surface area contributed by atoms with E-state index in [1.807, 2.05) is 78.9 Å². The number of carbonyl (C=O) groups excluding carboxylic acids is 2. The van der Waals surface area contributed by atoms with Gasteiger partial charge in [-0.05, 0) is 69.4 Å². The summed E-state index contributed by atoms with van der Waals surface area (Å²) in [5.41, 5.74) is 5.31. The van der Waals surface area contributed by atoms with Gasteiger partial charge in [0.1, 0.15) is 11.5 Å². The van der Waals surface area contributed by atoms with Crippen LogP contribution in [0.5, 0.6) is 11.5 Å². The van der Waals surface area contributed by atoms with E-state index in [0.29, 0.717) is 11.4 Å². The van der Waals surface area contributed by atoms with Gasteiger partial charge in [0.15, 0.2) is 0 Å². The van der Waals surface area contributed by atoms with Gasteiger partial charge in [-0.3, -0.25) is 9.59 Å². The minimum Gasteiger partial charge on any atom is -0.457 e. The molecule has 1 aliphatic heterocycles. The number of rotatable bonds is 3. The molecule has 38 heavy (non-hydrogen) atoms. The monoisotopic (exact) mass is 493 g/mol. The Hall–Kier alpha value is -4.70. The highest BCUT2D eigenvalue weighted by atomic mass is 16.5. The van der Waals surface area contributed by atoms with Crippen LogP contribution in [0.4, 0.5) is 5.69 Å². The summed E-state index contributed by atoms with van der Waals surface area (Å²) in [6.45, 7) is 0. The van der Waals surface area contributed by atoms with Crippen molar-refractivity contribution in [2.75, 3.05) is 4.90 Å². The van der Waals surface area contributed by atoms with E-state index in [4.69, 9.17) is 4.74 Å². The van der Waals surface area contributed by atoms with E-state index in [9.17, 15) is 9.59 Å². The Kier molecular flexibility index (Phi) is 4.45. The fourth-order valence-electron chi connectivity index (χ4n) is 6.96. The number of benzene rings is 5. The largest absolute Gasteiger partial charge is 0.457 e. The summed E-state index contributed by atoms with van der Waals surface area (Å²) in [5, 5.41) is 2.26. The molecule has 182 valence electrons.